The molecule has 8 heteroatoms. The lowest BCUT2D eigenvalue weighted by atomic mass is 10.1. The van der Waals surface area contributed by atoms with Crippen LogP contribution >= 0.6 is 0 Å². The minimum absolute atomic E-state index is 0.162. The van der Waals surface area contributed by atoms with E-state index in [4.69, 9.17) is 0 Å². The number of pyridine rings is 1. The predicted molar refractivity (Wildman–Crippen MR) is 106 cm³/mol. The summed E-state index contributed by atoms with van der Waals surface area (Å²) in [6, 6.07) is 11.2. The fourth-order valence-corrected chi connectivity index (χ4v) is 3.73. The van der Waals surface area contributed by atoms with E-state index in [1.165, 1.54) is 30.8 Å². The summed E-state index contributed by atoms with van der Waals surface area (Å²) in [5, 5.41) is 0. The zero-order valence-electron chi connectivity index (χ0n) is 15.6. The first-order valence-electron chi connectivity index (χ1n) is 8.86. The lowest BCUT2D eigenvalue weighted by Gasteiger charge is -2.24. The van der Waals surface area contributed by atoms with Crippen molar-refractivity contribution >= 4 is 27.4 Å². The zero-order valence-corrected chi connectivity index (χ0v) is 16.4. The molecule has 7 nitrogen and oxygen atoms in total. The van der Waals surface area contributed by atoms with Gasteiger partial charge in [0.2, 0.25) is 10.0 Å². The molecule has 0 unspecified atom stereocenters. The number of hydrogen-bond acceptors (Lipinski definition) is 5. The molecule has 144 valence electrons. The van der Waals surface area contributed by atoms with Gasteiger partial charge in [-0.05, 0) is 36.6 Å². The third-order valence-corrected chi connectivity index (χ3v) is 5.07. The van der Waals surface area contributed by atoms with Gasteiger partial charge in [-0.2, -0.15) is 0 Å². The van der Waals surface area contributed by atoms with E-state index < -0.39 is 10.0 Å². The Morgan fingerprint density at radius 2 is 1.89 bits per heavy atom. The quantitative estimate of drug-likeness (QED) is 0.821. The van der Waals surface area contributed by atoms with Crippen LogP contribution < -0.4 is 9.62 Å². The Kier molecular flexibility index (Phi) is 5.65. The van der Waals surface area contributed by atoms with E-state index in [0.29, 0.717) is 12.1 Å². The zero-order chi connectivity index (χ0) is 19.4. The van der Waals surface area contributed by atoms with Crippen molar-refractivity contribution in [1.82, 2.24) is 9.88 Å². The molecule has 0 bridgehead atoms. The molecule has 1 aliphatic heterocycles. The van der Waals surface area contributed by atoms with Crippen LogP contribution in [0, 0.1) is 0 Å². The lowest BCUT2D eigenvalue weighted by molar-refractivity contribution is 0.0785. The number of aromatic nitrogens is 1. The van der Waals surface area contributed by atoms with Gasteiger partial charge in [0.1, 0.15) is 5.82 Å². The molecule has 0 aliphatic carbocycles. The summed E-state index contributed by atoms with van der Waals surface area (Å²) >= 11 is 0. The molecule has 3 rings (SSSR count). The van der Waals surface area contributed by atoms with E-state index in [0.717, 1.165) is 24.9 Å². The number of anilines is 2. The molecule has 2 heterocycles. The summed E-state index contributed by atoms with van der Waals surface area (Å²) in [4.78, 5) is 20.7. The van der Waals surface area contributed by atoms with E-state index in [1.807, 2.05) is 12.1 Å². The van der Waals surface area contributed by atoms with Crippen LogP contribution in [0.5, 0.6) is 0 Å². The maximum atomic E-state index is 12.7. The Labute approximate surface area is 160 Å². The second-order valence-corrected chi connectivity index (χ2v) is 8.54. The molecular formula is C19H24N4O3S. The third kappa shape index (κ3) is 4.97. The van der Waals surface area contributed by atoms with Gasteiger partial charge >= 0.3 is 0 Å². The first-order valence-corrected chi connectivity index (χ1v) is 10.7. The normalized spacial score (nSPS) is 14.2. The molecule has 0 atom stereocenters. The average Bonchev–Trinajstić information content (AvgIpc) is 3.15. The highest BCUT2D eigenvalue weighted by Gasteiger charge is 2.18. The summed E-state index contributed by atoms with van der Waals surface area (Å²) in [6.07, 6.45) is 4.84. The SMILES string of the molecule is CN(Cc1ccccc1N1CCCC1)C(=O)c1ccc(NS(C)(=O)=O)nc1. The Morgan fingerprint density at radius 3 is 2.52 bits per heavy atom. The number of nitrogens with one attached hydrogen (secondary N) is 1. The molecule has 0 spiro atoms. The molecule has 2 aromatic rings. The van der Waals surface area contributed by atoms with Crippen molar-refractivity contribution in [2.75, 3.05) is 36.0 Å². The molecular weight excluding hydrogens is 364 g/mol. The first-order chi connectivity index (χ1) is 12.8. The minimum atomic E-state index is -3.39. The Hall–Kier alpha value is -2.61. The molecule has 0 radical (unpaired) electrons. The van der Waals surface area contributed by atoms with Gasteiger partial charge in [0.05, 0.1) is 11.8 Å². The fraction of sp³-hybridized carbons (Fsp3) is 0.368. The molecule has 1 N–H and O–H groups in total. The topological polar surface area (TPSA) is 82.6 Å². The van der Waals surface area contributed by atoms with Gasteiger partial charge in [0.25, 0.3) is 5.91 Å². The number of rotatable bonds is 6. The van der Waals surface area contributed by atoms with Gasteiger partial charge in [-0.25, -0.2) is 13.4 Å². The van der Waals surface area contributed by atoms with Gasteiger partial charge < -0.3 is 9.80 Å². The third-order valence-electron chi connectivity index (χ3n) is 4.49. The van der Waals surface area contributed by atoms with Crippen molar-refractivity contribution in [3.8, 4) is 0 Å². The number of benzene rings is 1. The molecule has 1 aromatic carbocycles. The van der Waals surface area contributed by atoms with Gasteiger partial charge in [-0.3, -0.25) is 9.52 Å². The van der Waals surface area contributed by atoms with Crippen LogP contribution in [0.2, 0.25) is 0 Å². The number of amides is 1. The van der Waals surface area contributed by atoms with E-state index >= 15 is 0 Å². The molecule has 1 fully saturated rings. The minimum Gasteiger partial charge on any atom is -0.371 e. The highest BCUT2D eigenvalue weighted by Crippen LogP contribution is 2.25. The van der Waals surface area contributed by atoms with Crippen molar-refractivity contribution in [3.63, 3.8) is 0 Å². The number of carbonyl (C=O) groups is 1. The average molecular weight is 388 g/mol. The van der Waals surface area contributed by atoms with Gasteiger partial charge in [-0.1, -0.05) is 18.2 Å². The van der Waals surface area contributed by atoms with E-state index in [-0.39, 0.29) is 11.7 Å². The maximum Gasteiger partial charge on any atom is 0.255 e. The van der Waals surface area contributed by atoms with Crippen molar-refractivity contribution in [2.45, 2.75) is 19.4 Å². The summed E-state index contributed by atoms with van der Waals surface area (Å²) in [5.74, 6) is 0.0284. The van der Waals surface area contributed by atoms with Crippen LogP contribution in [-0.4, -0.2) is 50.6 Å². The molecule has 1 amide bonds. The van der Waals surface area contributed by atoms with Crippen molar-refractivity contribution in [3.05, 3.63) is 53.7 Å². The maximum absolute atomic E-state index is 12.7. The van der Waals surface area contributed by atoms with Crippen LogP contribution in [0.15, 0.2) is 42.6 Å². The van der Waals surface area contributed by atoms with Crippen molar-refractivity contribution in [1.29, 1.82) is 0 Å². The highest BCUT2D eigenvalue weighted by molar-refractivity contribution is 7.92. The molecule has 0 saturated carbocycles. The molecule has 1 aromatic heterocycles. The molecule has 1 saturated heterocycles. The Bertz CT molecular complexity index is 907. The predicted octanol–water partition coefficient (Wildman–Crippen LogP) is 2.33. The summed E-state index contributed by atoms with van der Waals surface area (Å²) in [7, 11) is -1.64. The van der Waals surface area contributed by atoms with Gasteiger partial charge in [0.15, 0.2) is 0 Å². The van der Waals surface area contributed by atoms with Crippen LogP contribution in [0.3, 0.4) is 0 Å². The number of hydrogen-bond donors (Lipinski definition) is 1. The highest BCUT2D eigenvalue weighted by atomic mass is 32.2. The number of para-hydroxylation sites is 1. The first kappa shape index (κ1) is 19.2. The fourth-order valence-electron chi connectivity index (χ4n) is 3.23. The Balaban J connectivity index is 1.71. The van der Waals surface area contributed by atoms with Gasteiger partial charge in [0, 0.05) is 38.6 Å². The number of sulfonamides is 1. The number of nitrogens with zero attached hydrogens (tertiary/aromatic N) is 3. The van der Waals surface area contributed by atoms with Crippen LogP contribution in [0.4, 0.5) is 11.5 Å². The van der Waals surface area contributed by atoms with Crippen molar-refractivity contribution in [2.24, 2.45) is 0 Å². The smallest absolute Gasteiger partial charge is 0.255 e. The second kappa shape index (κ2) is 7.96. The molecule has 27 heavy (non-hydrogen) atoms. The second-order valence-electron chi connectivity index (χ2n) is 6.79. The van der Waals surface area contributed by atoms with Crippen LogP contribution in [-0.2, 0) is 16.6 Å². The summed E-state index contributed by atoms with van der Waals surface area (Å²) < 4.78 is 24.8. The summed E-state index contributed by atoms with van der Waals surface area (Å²) in [6.45, 7) is 2.59. The van der Waals surface area contributed by atoms with Crippen LogP contribution in [0.1, 0.15) is 28.8 Å². The number of carbonyl (C=O) groups excluding carboxylic acids is 1. The van der Waals surface area contributed by atoms with E-state index in [9.17, 15) is 13.2 Å². The lowest BCUT2D eigenvalue weighted by Crippen LogP contribution is -2.28. The van der Waals surface area contributed by atoms with Crippen LogP contribution in [0.25, 0.3) is 0 Å². The van der Waals surface area contributed by atoms with E-state index in [1.54, 1.807) is 18.0 Å². The van der Waals surface area contributed by atoms with Gasteiger partial charge in [-0.15, -0.1) is 0 Å². The standard InChI is InChI=1S/C19H24N4O3S/c1-22(14-16-7-3-4-8-17(16)23-11-5-6-12-23)19(24)15-9-10-18(20-13-15)21-27(2,25)26/h3-4,7-10,13H,5-6,11-12,14H2,1-2H3,(H,20,21). The Morgan fingerprint density at radius 1 is 1.19 bits per heavy atom. The molecule has 1 aliphatic rings. The van der Waals surface area contributed by atoms with E-state index in [2.05, 4.69) is 26.7 Å². The monoisotopic (exact) mass is 388 g/mol. The summed E-state index contributed by atoms with van der Waals surface area (Å²) in [5.41, 5.74) is 2.70. The largest absolute Gasteiger partial charge is 0.371 e. The van der Waals surface area contributed by atoms with Crippen molar-refractivity contribution < 1.29 is 13.2 Å².